The minimum Gasteiger partial charge on any atom is -0.461 e. The molecular formula is C19H21N3O7. The second kappa shape index (κ2) is 8.95. The maximum Gasteiger partial charge on any atom is 0.351 e. The monoisotopic (exact) mass is 403 g/mol. The van der Waals surface area contributed by atoms with Crippen LogP contribution in [0.3, 0.4) is 0 Å². The van der Waals surface area contributed by atoms with Gasteiger partial charge in [-0.3, -0.25) is 14.2 Å². The van der Waals surface area contributed by atoms with Crippen LogP contribution in [0.4, 0.5) is 5.82 Å². The molecule has 2 heterocycles. The number of carbonyl (C=O) groups is 2. The molecule has 0 radical (unpaired) electrons. The molecule has 0 bridgehead atoms. The summed E-state index contributed by atoms with van der Waals surface area (Å²) in [4.78, 5) is 40.1. The standard InChI is InChI=1S/C19H21N3O7/c1-11(24)28-10-13-8-22(16-7-14(25)15(9-23)29-16)19(27)21-17(13)20-18(26)12-5-3-2-4-6-12/h2-6,8,14-16,23,25H,7,9-10H2,1H3,(H,20,21,26,27)/t14-,15+,16+/m0/s1. The fourth-order valence-corrected chi connectivity index (χ4v) is 2.93. The van der Waals surface area contributed by atoms with Crippen molar-refractivity contribution in [2.45, 2.75) is 38.4 Å². The van der Waals surface area contributed by atoms with Crippen LogP contribution in [0.2, 0.25) is 0 Å². The molecule has 10 nitrogen and oxygen atoms in total. The van der Waals surface area contributed by atoms with Crippen LogP contribution in [-0.2, 0) is 20.9 Å². The Morgan fingerprint density at radius 3 is 2.69 bits per heavy atom. The Morgan fingerprint density at radius 2 is 2.07 bits per heavy atom. The van der Waals surface area contributed by atoms with Crippen molar-refractivity contribution in [3.63, 3.8) is 0 Å². The summed E-state index contributed by atoms with van der Waals surface area (Å²) >= 11 is 0. The van der Waals surface area contributed by atoms with Crippen molar-refractivity contribution in [3.8, 4) is 0 Å². The Balaban J connectivity index is 1.91. The summed E-state index contributed by atoms with van der Waals surface area (Å²) in [6.07, 6.45) is -1.17. The quantitative estimate of drug-likeness (QED) is 0.581. The van der Waals surface area contributed by atoms with Gasteiger partial charge in [-0.15, -0.1) is 0 Å². The summed E-state index contributed by atoms with van der Waals surface area (Å²) in [5.41, 5.74) is -0.0877. The highest BCUT2D eigenvalue weighted by Gasteiger charge is 2.35. The molecule has 0 spiro atoms. The number of nitrogens with one attached hydrogen (secondary N) is 1. The number of hydrogen-bond acceptors (Lipinski definition) is 8. The van der Waals surface area contributed by atoms with Crippen LogP contribution in [0.5, 0.6) is 0 Å². The van der Waals surface area contributed by atoms with Crippen molar-refractivity contribution < 1.29 is 29.3 Å². The Bertz CT molecular complexity index is 945. The molecule has 3 atom stereocenters. The van der Waals surface area contributed by atoms with Crippen molar-refractivity contribution in [1.82, 2.24) is 9.55 Å². The molecule has 2 aromatic rings. The summed E-state index contributed by atoms with van der Waals surface area (Å²) in [6, 6.07) is 8.36. The maximum absolute atomic E-state index is 12.5. The maximum atomic E-state index is 12.5. The van der Waals surface area contributed by atoms with Gasteiger partial charge in [0.2, 0.25) is 0 Å². The second-order valence-corrected chi connectivity index (χ2v) is 6.52. The zero-order valence-electron chi connectivity index (χ0n) is 15.6. The SMILES string of the molecule is CC(=O)OCc1cn([C@H]2C[C@H](O)[C@@H](CO)O2)c(=O)nc1NC(=O)c1ccccc1. The predicted molar refractivity (Wildman–Crippen MR) is 100.0 cm³/mol. The molecule has 1 fully saturated rings. The molecule has 154 valence electrons. The van der Waals surface area contributed by atoms with Crippen LogP contribution >= 0.6 is 0 Å². The van der Waals surface area contributed by atoms with Gasteiger partial charge in [0.15, 0.2) is 0 Å². The Hall–Kier alpha value is -3.08. The Labute approximate surface area is 165 Å². The van der Waals surface area contributed by atoms with E-state index >= 15 is 0 Å². The number of hydrogen-bond donors (Lipinski definition) is 3. The fraction of sp³-hybridized carbons (Fsp3) is 0.368. The molecule has 1 aromatic carbocycles. The summed E-state index contributed by atoms with van der Waals surface area (Å²) < 4.78 is 11.6. The van der Waals surface area contributed by atoms with Crippen molar-refractivity contribution in [1.29, 1.82) is 0 Å². The van der Waals surface area contributed by atoms with Crippen LogP contribution in [0, 0.1) is 0 Å². The van der Waals surface area contributed by atoms with Crippen molar-refractivity contribution in [3.05, 3.63) is 58.1 Å². The van der Waals surface area contributed by atoms with Gasteiger partial charge in [0, 0.05) is 30.7 Å². The van der Waals surface area contributed by atoms with Crippen LogP contribution in [0.15, 0.2) is 41.3 Å². The summed E-state index contributed by atoms with van der Waals surface area (Å²) in [7, 11) is 0. The van der Waals surface area contributed by atoms with Crippen molar-refractivity contribution in [2.75, 3.05) is 11.9 Å². The summed E-state index contributed by atoms with van der Waals surface area (Å²) in [5, 5.41) is 21.7. The molecule has 1 aliphatic rings. The number of aliphatic hydroxyl groups is 2. The molecule has 1 aromatic heterocycles. The van der Waals surface area contributed by atoms with Gasteiger partial charge in [-0.25, -0.2) is 4.79 Å². The zero-order valence-corrected chi connectivity index (χ0v) is 15.6. The number of aromatic nitrogens is 2. The highest BCUT2D eigenvalue weighted by atomic mass is 16.5. The number of aliphatic hydroxyl groups excluding tert-OH is 2. The Kier molecular flexibility index (Phi) is 6.37. The van der Waals surface area contributed by atoms with E-state index in [1.807, 2.05) is 0 Å². The molecule has 0 unspecified atom stereocenters. The van der Waals surface area contributed by atoms with E-state index in [2.05, 4.69) is 10.3 Å². The molecule has 3 N–H and O–H groups in total. The average molecular weight is 403 g/mol. The number of benzene rings is 1. The van der Waals surface area contributed by atoms with E-state index in [1.54, 1.807) is 30.3 Å². The zero-order chi connectivity index (χ0) is 21.0. The highest BCUT2D eigenvalue weighted by Crippen LogP contribution is 2.28. The summed E-state index contributed by atoms with van der Waals surface area (Å²) in [5.74, 6) is -1.07. The Morgan fingerprint density at radius 1 is 1.34 bits per heavy atom. The lowest BCUT2D eigenvalue weighted by Gasteiger charge is -2.17. The van der Waals surface area contributed by atoms with E-state index < -0.39 is 42.6 Å². The van der Waals surface area contributed by atoms with Crippen LogP contribution in [0.1, 0.15) is 35.5 Å². The number of rotatable bonds is 6. The van der Waals surface area contributed by atoms with Gasteiger partial charge in [0.25, 0.3) is 5.91 Å². The van der Waals surface area contributed by atoms with E-state index in [1.165, 1.54) is 13.1 Å². The lowest BCUT2D eigenvalue weighted by atomic mass is 10.2. The van der Waals surface area contributed by atoms with Crippen LogP contribution in [0.25, 0.3) is 0 Å². The first-order chi connectivity index (χ1) is 13.9. The summed E-state index contributed by atoms with van der Waals surface area (Å²) in [6.45, 7) is 0.602. The second-order valence-electron chi connectivity index (χ2n) is 6.52. The smallest absolute Gasteiger partial charge is 0.351 e. The normalized spacial score (nSPS) is 21.0. The van der Waals surface area contributed by atoms with Crippen LogP contribution < -0.4 is 11.0 Å². The van der Waals surface area contributed by atoms with Gasteiger partial charge >= 0.3 is 11.7 Å². The molecule has 3 rings (SSSR count). The molecule has 29 heavy (non-hydrogen) atoms. The molecule has 1 amide bonds. The lowest BCUT2D eigenvalue weighted by Crippen LogP contribution is -2.30. The van der Waals surface area contributed by atoms with E-state index in [4.69, 9.17) is 9.47 Å². The van der Waals surface area contributed by atoms with Crippen molar-refractivity contribution >= 4 is 17.7 Å². The largest absolute Gasteiger partial charge is 0.461 e. The van der Waals surface area contributed by atoms with Gasteiger partial charge < -0.3 is 25.0 Å². The van der Waals surface area contributed by atoms with E-state index in [0.29, 0.717) is 5.56 Å². The molecule has 10 heteroatoms. The van der Waals surface area contributed by atoms with E-state index in [9.17, 15) is 24.6 Å². The number of nitrogens with zero attached hydrogens (tertiary/aromatic N) is 2. The van der Waals surface area contributed by atoms with Gasteiger partial charge in [-0.05, 0) is 12.1 Å². The third kappa shape index (κ3) is 4.86. The number of esters is 1. The van der Waals surface area contributed by atoms with E-state index in [0.717, 1.165) is 4.57 Å². The van der Waals surface area contributed by atoms with Crippen molar-refractivity contribution in [2.24, 2.45) is 0 Å². The van der Waals surface area contributed by atoms with Crippen LogP contribution in [-0.4, -0.2) is 50.5 Å². The van der Waals surface area contributed by atoms with Gasteiger partial charge in [0.1, 0.15) is 24.8 Å². The molecule has 0 aliphatic carbocycles. The minimum absolute atomic E-state index is 0.0430. The molecule has 1 aliphatic heterocycles. The third-order valence-electron chi connectivity index (χ3n) is 4.42. The molecular weight excluding hydrogens is 382 g/mol. The number of amides is 1. The van der Waals surface area contributed by atoms with Gasteiger partial charge in [-0.2, -0.15) is 4.98 Å². The van der Waals surface area contributed by atoms with Gasteiger partial charge in [0.05, 0.1) is 12.7 Å². The minimum atomic E-state index is -0.939. The number of carbonyl (C=O) groups excluding carboxylic acids is 2. The first-order valence-electron chi connectivity index (χ1n) is 8.95. The topological polar surface area (TPSA) is 140 Å². The molecule has 1 saturated heterocycles. The van der Waals surface area contributed by atoms with Gasteiger partial charge in [-0.1, -0.05) is 18.2 Å². The predicted octanol–water partition coefficient (Wildman–Crippen LogP) is 0.199. The first kappa shape index (κ1) is 20.6. The number of anilines is 1. The first-order valence-corrected chi connectivity index (χ1v) is 8.95. The lowest BCUT2D eigenvalue weighted by molar-refractivity contribution is -0.142. The number of ether oxygens (including phenoxy) is 2. The third-order valence-corrected chi connectivity index (χ3v) is 4.42. The van der Waals surface area contributed by atoms with E-state index in [-0.39, 0.29) is 24.4 Å². The fourth-order valence-electron chi connectivity index (χ4n) is 2.93. The molecule has 0 saturated carbocycles. The average Bonchev–Trinajstić information content (AvgIpc) is 3.08. The highest BCUT2D eigenvalue weighted by molar-refractivity contribution is 6.04.